The molecule has 0 atom stereocenters. The molecule has 0 unspecified atom stereocenters. The first-order valence-corrected chi connectivity index (χ1v) is 10.2. The molecule has 5 nitrogen and oxygen atoms in total. The van der Waals surface area contributed by atoms with Gasteiger partial charge in [-0.05, 0) is 49.2 Å². The van der Waals surface area contributed by atoms with E-state index in [-0.39, 0.29) is 11.5 Å². The number of nitrogens with zero attached hydrogens (tertiary/aromatic N) is 1. The number of pyridine rings is 1. The Morgan fingerprint density at radius 2 is 1.71 bits per heavy atom. The average Bonchev–Trinajstić information content (AvgIpc) is 2.79. The Morgan fingerprint density at radius 3 is 2.42 bits per heavy atom. The highest BCUT2D eigenvalue weighted by Gasteiger charge is 2.15. The Morgan fingerprint density at radius 1 is 0.968 bits per heavy atom. The van der Waals surface area contributed by atoms with E-state index in [1.807, 2.05) is 24.3 Å². The van der Waals surface area contributed by atoms with E-state index in [0.717, 1.165) is 6.42 Å². The lowest BCUT2D eigenvalue weighted by Crippen LogP contribution is -2.28. The molecule has 0 saturated carbocycles. The van der Waals surface area contributed by atoms with Crippen molar-refractivity contribution in [3.8, 4) is 11.4 Å². The maximum Gasteiger partial charge on any atom is 0.262 e. The van der Waals surface area contributed by atoms with E-state index in [1.165, 1.54) is 15.7 Å². The number of hydrogen-bond donors (Lipinski definition) is 1. The van der Waals surface area contributed by atoms with Crippen LogP contribution in [0.4, 0.5) is 0 Å². The fraction of sp³-hybridized carbons (Fsp3) is 0.154. The van der Waals surface area contributed by atoms with Crippen LogP contribution in [0.25, 0.3) is 16.5 Å². The summed E-state index contributed by atoms with van der Waals surface area (Å²) in [6, 6.07) is 22.6. The van der Waals surface area contributed by atoms with Crippen LogP contribution < -0.4 is 15.6 Å². The molecule has 0 aliphatic carbocycles. The van der Waals surface area contributed by atoms with Gasteiger partial charge in [-0.2, -0.15) is 0 Å². The van der Waals surface area contributed by atoms with E-state index in [4.69, 9.17) is 4.74 Å². The summed E-state index contributed by atoms with van der Waals surface area (Å²) in [4.78, 5) is 26.2. The summed E-state index contributed by atoms with van der Waals surface area (Å²) < 4.78 is 6.72. The highest BCUT2D eigenvalue weighted by atomic mass is 16.5. The van der Waals surface area contributed by atoms with Crippen LogP contribution in [0.2, 0.25) is 0 Å². The third kappa shape index (κ3) is 4.36. The van der Waals surface area contributed by atoms with Gasteiger partial charge in [0.2, 0.25) is 0 Å². The molecular weight excluding hydrogens is 388 g/mol. The zero-order valence-corrected chi connectivity index (χ0v) is 17.6. The van der Waals surface area contributed by atoms with Crippen molar-refractivity contribution in [3.05, 3.63) is 106 Å². The second kappa shape index (κ2) is 8.88. The number of hydrogen-bond acceptors (Lipinski definition) is 3. The van der Waals surface area contributed by atoms with Crippen molar-refractivity contribution in [1.82, 2.24) is 9.88 Å². The molecule has 0 bridgehead atoms. The molecule has 3 aromatic carbocycles. The van der Waals surface area contributed by atoms with Crippen LogP contribution in [0.15, 0.2) is 83.8 Å². The molecule has 31 heavy (non-hydrogen) atoms. The largest absolute Gasteiger partial charge is 0.497 e. The minimum absolute atomic E-state index is 0.169. The summed E-state index contributed by atoms with van der Waals surface area (Å²) in [6.07, 6.45) is 2.36. The van der Waals surface area contributed by atoms with Gasteiger partial charge in [-0.15, -0.1) is 0 Å². The van der Waals surface area contributed by atoms with E-state index >= 15 is 0 Å². The summed E-state index contributed by atoms with van der Waals surface area (Å²) >= 11 is 0. The van der Waals surface area contributed by atoms with Crippen molar-refractivity contribution >= 4 is 16.7 Å². The van der Waals surface area contributed by atoms with Crippen LogP contribution >= 0.6 is 0 Å². The monoisotopic (exact) mass is 412 g/mol. The molecule has 5 heteroatoms. The molecule has 1 aromatic heterocycles. The number of benzene rings is 3. The van der Waals surface area contributed by atoms with E-state index in [1.54, 1.807) is 43.6 Å². The maximum atomic E-state index is 13.1. The molecule has 4 rings (SSSR count). The number of aromatic nitrogens is 1. The van der Waals surface area contributed by atoms with Crippen LogP contribution in [0.1, 0.15) is 21.5 Å². The smallest absolute Gasteiger partial charge is 0.262 e. The summed E-state index contributed by atoms with van der Waals surface area (Å²) in [5.41, 5.74) is 3.34. The molecule has 0 spiro atoms. The Kier molecular flexibility index (Phi) is 5.85. The molecule has 156 valence electrons. The second-order valence-corrected chi connectivity index (χ2v) is 7.46. The van der Waals surface area contributed by atoms with E-state index < -0.39 is 0 Å². The van der Waals surface area contributed by atoms with Gasteiger partial charge in [-0.1, -0.05) is 48.0 Å². The Labute approximate surface area is 180 Å². The Balaban J connectivity index is 1.66. The number of amides is 1. The van der Waals surface area contributed by atoms with Gasteiger partial charge in [-0.25, -0.2) is 0 Å². The first kappa shape index (κ1) is 20.4. The zero-order valence-electron chi connectivity index (χ0n) is 17.6. The zero-order chi connectivity index (χ0) is 21.8. The molecule has 1 N–H and O–H groups in total. The molecular formula is C26H24N2O3. The third-order valence-electron chi connectivity index (χ3n) is 5.30. The summed E-state index contributed by atoms with van der Waals surface area (Å²) in [6.45, 7) is 2.56. The standard InChI is InChI=1S/C26H24N2O3/c1-18-6-5-7-19(16-18)14-15-27-25(29)24-17-28(20-10-12-21(31-2)13-11-20)26(30)23-9-4-3-8-22(23)24/h3-13,16-17H,14-15H2,1-2H3,(H,27,29). The maximum absolute atomic E-state index is 13.1. The average molecular weight is 412 g/mol. The molecule has 0 radical (unpaired) electrons. The van der Waals surface area contributed by atoms with Gasteiger partial charge in [0.25, 0.3) is 11.5 Å². The number of ether oxygens (including phenoxy) is 1. The molecule has 0 saturated heterocycles. The van der Waals surface area contributed by atoms with Crippen LogP contribution in [-0.4, -0.2) is 24.1 Å². The highest BCUT2D eigenvalue weighted by molar-refractivity contribution is 6.06. The quantitative estimate of drug-likeness (QED) is 0.514. The molecule has 0 aliphatic heterocycles. The van der Waals surface area contributed by atoms with Gasteiger partial charge in [0.15, 0.2) is 0 Å². The van der Waals surface area contributed by atoms with E-state index in [0.29, 0.717) is 34.3 Å². The molecule has 1 heterocycles. The second-order valence-electron chi connectivity index (χ2n) is 7.46. The summed E-state index contributed by atoms with van der Waals surface area (Å²) in [5, 5.41) is 4.15. The van der Waals surface area contributed by atoms with Crippen molar-refractivity contribution in [2.45, 2.75) is 13.3 Å². The van der Waals surface area contributed by atoms with Crippen LogP contribution in [0, 0.1) is 6.92 Å². The van der Waals surface area contributed by atoms with Crippen molar-refractivity contribution in [3.63, 3.8) is 0 Å². The normalized spacial score (nSPS) is 10.8. The summed E-state index contributed by atoms with van der Waals surface area (Å²) in [7, 11) is 1.59. The minimum atomic E-state index is -0.203. The predicted octanol–water partition coefficient (Wildman–Crippen LogP) is 4.28. The van der Waals surface area contributed by atoms with E-state index in [9.17, 15) is 9.59 Å². The third-order valence-corrected chi connectivity index (χ3v) is 5.30. The number of carbonyl (C=O) groups excluding carboxylic acids is 1. The van der Waals surface area contributed by atoms with Gasteiger partial charge >= 0.3 is 0 Å². The lowest BCUT2D eigenvalue weighted by Gasteiger charge is -2.13. The van der Waals surface area contributed by atoms with Crippen LogP contribution in [0.5, 0.6) is 5.75 Å². The Bertz CT molecular complexity index is 1290. The molecule has 0 aliphatic rings. The fourth-order valence-corrected chi connectivity index (χ4v) is 3.69. The number of fused-ring (bicyclic) bond motifs is 1. The van der Waals surface area contributed by atoms with Gasteiger partial charge < -0.3 is 10.1 Å². The topological polar surface area (TPSA) is 60.3 Å². The number of aryl methyl sites for hydroxylation is 1. The molecule has 4 aromatic rings. The summed E-state index contributed by atoms with van der Waals surface area (Å²) in [5.74, 6) is 0.498. The fourth-order valence-electron chi connectivity index (χ4n) is 3.69. The number of rotatable bonds is 6. The minimum Gasteiger partial charge on any atom is -0.497 e. The van der Waals surface area contributed by atoms with Gasteiger partial charge in [0.05, 0.1) is 12.7 Å². The van der Waals surface area contributed by atoms with Crippen molar-refractivity contribution in [1.29, 1.82) is 0 Å². The number of carbonyl (C=O) groups is 1. The lowest BCUT2D eigenvalue weighted by atomic mass is 10.1. The SMILES string of the molecule is COc1ccc(-n2cc(C(=O)NCCc3cccc(C)c3)c3ccccc3c2=O)cc1. The van der Waals surface area contributed by atoms with Crippen molar-refractivity contribution < 1.29 is 9.53 Å². The first-order chi connectivity index (χ1) is 15.1. The highest BCUT2D eigenvalue weighted by Crippen LogP contribution is 2.19. The first-order valence-electron chi connectivity index (χ1n) is 10.2. The van der Waals surface area contributed by atoms with Gasteiger partial charge in [0.1, 0.15) is 5.75 Å². The van der Waals surface area contributed by atoms with E-state index in [2.05, 4.69) is 30.4 Å². The van der Waals surface area contributed by atoms with Gasteiger partial charge in [-0.3, -0.25) is 14.2 Å². The number of nitrogens with one attached hydrogen (secondary N) is 1. The van der Waals surface area contributed by atoms with Crippen molar-refractivity contribution in [2.24, 2.45) is 0 Å². The van der Waals surface area contributed by atoms with Gasteiger partial charge in [0, 0.05) is 29.2 Å². The number of methoxy groups -OCH3 is 1. The Hall–Kier alpha value is -3.86. The van der Waals surface area contributed by atoms with Crippen molar-refractivity contribution in [2.75, 3.05) is 13.7 Å². The predicted molar refractivity (Wildman–Crippen MR) is 123 cm³/mol. The molecule has 1 amide bonds. The molecule has 0 fully saturated rings. The van der Waals surface area contributed by atoms with Crippen LogP contribution in [-0.2, 0) is 6.42 Å². The lowest BCUT2D eigenvalue weighted by molar-refractivity contribution is 0.0955. The van der Waals surface area contributed by atoms with Crippen LogP contribution in [0.3, 0.4) is 0 Å².